The van der Waals surface area contributed by atoms with E-state index in [9.17, 15) is 4.79 Å². The number of nitrogens with one attached hydrogen (secondary N) is 1. The van der Waals surface area contributed by atoms with Crippen molar-refractivity contribution in [2.45, 2.75) is 38.5 Å². The Bertz CT molecular complexity index is 597. The van der Waals surface area contributed by atoms with Crippen LogP contribution in [0.5, 0.6) is 0 Å². The summed E-state index contributed by atoms with van der Waals surface area (Å²) in [5.41, 5.74) is 2.43. The Balaban J connectivity index is 1.92. The molecule has 4 nitrogen and oxygen atoms in total. The van der Waals surface area contributed by atoms with Crippen LogP contribution in [0.2, 0.25) is 0 Å². The minimum absolute atomic E-state index is 0.276. The summed E-state index contributed by atoms with van der Waals surface area (Å²) in [5.74, 6) is 1.34. The van der Waals surface area contributed by atoms with Gasteiger partial charge in [-0.3, -0.25) is 0 Å². The number of benzene rings is 1. The van der Waals surface area contributed by atoms with E-state index in [4.69, 9.17) is 4.74 Å². The van der Waals surface area contributed by atoms with Crippen molar-refractivity contribution in [2.75, 3.05) is 6.61 Å². The van der Waals surface area contributed by atoms with Crippen LogP contribution in [-0.2, 0) is 4.74 Å². The number of esters is 1. The minimum Gasteiger partial charge on any atom is -0.462 e. The summed E-state index contributed by atoms with van der Waals surface area (Å²) in [4.78, 5) is 19.7. The zero-order valence-corrected chi connectivity index (χ0v) is 11.1. The summed E-state index contributed by atoms with van der Waals surface area (Å²) >= 11 is 0. The van der Waals surface area contributed by atoms with Crippen molar-refractivity contribution in [3.63, 3.8) is 0 Å². The summed E-state index contributed by atoms with van der Waals surface area (Å²) in [5, 5.41) is 0. The van der Waals surface area contributed by atoms with Crippen LogP contribution in [0.1, 0.15) is 54.7 Å². The molecule has 0 aliphatic heterocycles. The Kier molecular flexibility index (Phi) is 3.23. The molecule has 19 heavy (non-hydrogen) atoms. The molecule has 1 fully saturated rings. The molecule has 0 unspecified atom stereocenters. The number of H-pyrrole nitrogens is 1. The Labute approximate surface area is 112 Å². The lowest BCUT2D eigenvalue weighted by molar-refractivity contribution is 0.0526. The van der Waals surface area contributed by atoms with Gasteiger partial charge in [0, 0.05) is 5.92 Å². The van der Waals surface area contributed by atoms with Crippen molar-refractivity contribution >= 4 is 17.0 Å². The van der Waals surface area contributed by atoms with Crippen LogP contribution in [0.4, 0.5) is 0 Å². The second-order valence-electron chi connectivity index (χ2n) is 5.06. The van der Waals surface area contributed by atoms with Gasteiger partial charge in [0.1, 0.15) is 5.82 Å². The van der Waals surface area contributed by atoms with E-state index in [-0.39, 0.29) is 5.97 Å². The lowest BCUT2D eigenvalue weighted by Crippen LogP contribution is -2.04. The number of hydrogen-bond donors (Lipinski definition) is 1. The van der Waals surface area contributed by atoms with E-state index < -0.39 is 0 Å². The number of aromatic nitrogens is 2. The van der Waals surface area contributed by atoms with Gasteiger partial charge in [0.2, 0.25) is 0 Å². The average Bonchev–Trinajstić information content (AvgIpc) is 3.07. The van der Waals surface area contributed by atoms with Crippen LogP contribution in [0.25, 0.3) is 11.0 Å². The first-order chi connectivity index (χ1) is 9.28. The fourth-order valence-electron chi connectivity index (χ4n) is 2.76. The molecule has 2 aromatic rings. The summed E-state index contributed by atoms with van der Waals surface area (Å²) in [6.07, 6.45) is 5.00. The number of carbonyl (C=O) groups excluding carboxylic acids is 1. The topological polar surface area (TPSA) is 55.0 Å². The van der Waals surface area contributed by atoms with E-state index in [0.29, 0.717) is 18.1 Å². The van der Waals surface area contributed by atoms with Gasteiger partial charge in [-0.05, 0) is 38.0 Å². The summed E-state index contributed by atoms with van der Waals surface area (Å²) < 4.78 is 5.01. The fraction of sp³-hybridized carbons (Fsp3) is 0.467. The summed E-state index contributed by atoms with van der Waals surface area (Å²) in [7, 11) is 0. The van der Waals surface area contributed by atoms with Crippen LogP contribution < -0.4 is 0 Å². The molecule has 1 aromatic carbocycles. The highest BCUT2D eigenvalue weighted by Gasteiger charge is 2.20. The molecule has 1 aromatic heterocycles. The van der Waals surface area contributed by atoms with Crippen molar-refractivity contribution < 1.29 is 9.53 Å². The first kappa shape index (κ1) is 12.2. The quantitative estimate of drug-likeness (QED) is 0.858. The number of aromatic amines is 1. The lowest BCUT2D eigenvalue weighted by Gasteiger charge is -2.02. The SMILES string of the molecule is CCOC(=O)c1ccc2nc(C3CCCC3)[nH]c2c1. The predicted molar refractivity (Wildman–Crippen MR) is 73.3 cm³/mol. The van der Waals surface area contributed by atoms with Crippen LogP contribution in [0.15, 0.2) is 18.2 Å². The molecular formula is C15H18N2O2. The van der Waals surface area contributed by atoms with Crippen molar-refractivity contribution in [3.8, 4) is 0 Å². The zero-order valence-electron chi connectivity index (χ0n) is 11.1. The number of hydrogen-bond acceptors (Lipinski definition) is 3. The van der Waals surface area contributed by atoms with Gasteiger partial charge in [0.25, 0.3) is 0 Å². The number of fused-ring (bicyclic) bond motifs is 1. The molecule has 0 saturated heterocycles. The molecule has 0 atom stereocenters. The largest absolute Gasteiger partial charge is 0.462 e. The lowest BCUT2D eigenvalue weighted by atomic mass is 10.1. The molecule has 1 N–H and O–H groups in total. The molecule has 0 bridgehead atoms. The third-order valence-electron chi connectivity index (χ3n) is 3.75. The van der Waals surface area contributed by atoms with Crippen LogP contribution in [-0.4, -0.2) is 22.5 Å². The Hall–Kier alpha value is -1.84. The predicted octanol–water partition coefficient (Wildman–Crippen LogP) is 3.40. The summed E-state index contributed by atoms with van der Waals surface area (Å²) in [6, 6.07) is 5.49. The first-order valence-electron chi connectivity index (χ1n) is 6.94. The molecule has 1 aliphatic carbocycles. The number of ether oxygens (including phenoxy) is 1. The zero-order chi connectivity index (χ0) is 13.2. The molecule has 1 heterocycles. The monoisotopic (exact) mass is 258 g/mol. The van der Waals surface area contributed by atoms with Gasteiger partial charge in [-0.2, -0.15) is 0 Å². The van der Waals surface area contributed by atoms with E-state index in [1.54, 1.807) is 6.07 Å². The highest BCUT2D eigenvalue weighted by Crippen LogP contribution is 2.33. The fourth-order valence-corrected chi connectivity index (χ4v) is 2.76. The first-order valence-corrected chi connectivity index (χ1v) is 6.94. The Morgan fingerprint density at radius 2 is 2.21 bits per heavy atom. The van der Waals surface area contributed by atoms with E-state index >= 15 is 0 Å². The molecule has 3 rings (SSSR count). The number of imidazole rings is 1. The second-order valence-corrected chi connectivity index (χ2v) is 5.06. The highest BCUT2D eigenvalue weighted by atomic mass is 16.5. The van der Waals surface area contributed by atoms with Gasteiger partial charge in [-0.1, -0.05) is 12.8 Å². The van der Waals surface area contributed by atoms with Crippen molar-refractivity contribution in [1.82, 2.24) is 9.97 Å². The van der Waals surface area contributed by atoms with Gasteiger partial charge in [-0.25, -0.2) is 9.78 Å². The normalized spacial score (nSPS) is 16.1. The van der Waals surface area contributed by atoms with E-state index in [0.717, 1.165) is 16.9 Å². The minimum atomic E-state index is -0.276. The number of carbonyl (C=O) groups is 1. The molecule has 0 amide bonds. The third-order valence-corrected chi connectivity index (χ3v) is 3.75. The Morgan fingerprint density at radius 1 is 1.42 bits per heavy atom. The van der Waals surface area contributed by atoms with Gasteiger partial charge >= 0.3 is 5.97 Å². The molecule has 100 valence electrons. The summed E-state index contributed by atoms with van der Waals surface area (Å²) in [6.45, 7) is 2.21. The smallest absolute Gasteiger partial charge is 0.338 e. The number of rotatable bonds is 3. The van der Waals surface area contributed by atoms with E-state index in [1.165, 1.54) is 25.7 Å². The standard InChI is InChI=1S/C15H18N2O2/c1-2-19-15(18)11-7-8-12-13(9-11)17-14(16-12)10-5-3-4-6-10/h7-10H,2-6H2,1H3,(H,16,17). The Morgan fingerprint density at radius 3 is 2.95 bits per heavy atom. The molecule has 0 spiro atoms. The van der Waals surface area contributed by atoms with Crippen LogP contribution in [0, 0.1) is 0 Å². The van der Waals surface area contributed by atoms with Gasteiger partial charge < -0.3 is 9.72 Å². The molecule has 4 heteroatoms. The molecule has 1 aliphatic rings. The molecule has 0 radical (unpaired) electrons. The highest BCUT2D eigenvalue weighted by molar-refractivity contribution is 5.93. The van der Waals surface area contributed by atoms with E-state index in [2.05, 4.69) is 9.97 Å². The number of nitrogens with zero attached hydrogens (tertiary/aromatic N) is 1. The maximum atomic E-state index is 11.7. The molecule has 1 saturated carbocycles. The third kappa shape index (κ3) is 2.35. The van der Waals surface area contributed by atoms with Crippen molar-refractivity contribution in [1.29, 1.82) is 0 Å². The van der Waals surface area contributed by atoms with Crippen LogP contribution >= 0.6 is 0 Å². The van der Waals surface area contributed by atoms with Crippen LogP contribution in [0.3, 0.4) is 0 Å². The average molecular weight is 258 g/mol. The van der Waals surface area contributed by atoms with E-state index in [1.807, 2.05) is 19.1 Å². The van der Waals surface area contributed by atoms with Crippen molar-refractivity contribution in [3.05, 3.63) is 29.6 Å². The van der Waals surface area contributed by atoms with Gasteiger partial charge in [-0.15, -0.1) is 0 Å². The van der Waals surface area contributed by atoms with Gasteiger partial charge in [0.15, 0.2) is 0 Å². The van der Waals surface area contributed by atoms with Crippen molar-refractivity contribution in [2.24, 2.45) is 0 Å². The maximum Gasteiger partial charge on any atom is 0.338 e. The second kappa shape index (κ2) is 5.03. The maximum absolute atomic E-state index is 11.7. The van der Waals surface area contributed by atoms with Gasteiger partial charge in [0.05, 0.1) is 23.2 Å². The molecular weight excluding hydrogens is 240 g/mol.